The molecule has 92 valence electrons. The summed E-state index contributed by atoms with van der Waals surface area (Å²) >= 11 is 0. The van der Waals surface area contributed by atoms with Crippen LogP contribution in [-0.4, -0.2) is 11.4 Å². The molecule has 0 saturated heterocycles. The molecule has 0 heterocycles. The molecular formula is C12H25KO3. The molecule has 16 heavy (non-hydrogen) atoms. The molecular weight excluding hydrogens is 231 g/mol. The molecule has 0 aliphatic carbocycles. The smallest absolute Gasteiger partial charge is 0.550 e. The summed E-state index contributed by atoms with van der Waals surface area (Å²) in [5.74, 6) is -0.909. The third-order valence-corrected chi connectivity index (χ3v) is 2.48. The van der Waals surface area contributed by atoms with Crippen molar-refractivity contribution < 1.29 is 66.8 Å². The molecule has 0 spiro atoms. The number of carbonyl (C=O) groups excluding carboxylic acids is 1. The molecule has 0 saturated carbocycles. The van der Waals surface area contributed by atoms with Gasteiger partial charge in [0.25, 0.3) is 0 Å². The first-order valence-electron chi connectivity index (χ1n) is 5.97. The van der Waals surface area contributed by atoms with E-state index in [1.807, 2.05) is 0 Å². The predicted molar refractivity (Wildman–Crippen MR) is 60.5 cm³/mol. The fourth-order valence-corrected chi connectivity index (χ4v) is 1.58. The van der Waals surface area contributed by atoms with E-state index in [0.29, 0.717) is 0 Å². The molecule has 0 aromatic heterocycles. The molecule has 0 amide bonds. The number of carboxylic acids is 1. The van der Waals surface area contributed by atoms with Gasteiger partial charge in [0, 0.05) is 5.97 Å². The monoisotopic (exact) mass is 256 g/mol. The molecule has 0 bridgehead atoms. The van der Waals surface area contributed by atoms with Crippen LogP contribution in [0.5, 0.6) is 0 Å². The molecule has 0 atom stereocenters. The molecule has 0 aromatic rings. The van der Waals surface area contributed by atoms with Gasteiger partial charge >= 0.3 is 51.4 Å². The summed E-state index contributed by atoms with van der Waals surface area (Å²) in [4.78, 5) is 10.1. The van der Waals surface area contributed by atoms with Crippen LogP contribution in [0.4, 0.5) is 0 Å². The summed E-state index contributed by atoms with van der Waals surface area (Å²) in [6, 6.07) is 0. The van der Waals surface area contributed by atoms with Gasteiger partial charge in [-0.15, -0.1) is 0 Å². The van der Waals surface area contributed by atoms with Gasteiger partial charge in [0.15, 0.2) is 0 Å². The van der Waals surface area contributed by atoms with Gasteiger partial charge in [-0.25, -0.2) is 0 Å². The number of hydrogen-bond donors (Lipinski definition) is 0. The number of rotatable bonds is 10. The first-order valence-corrected chi connectivity index (χ1v) is 5.97. The Morgan fingerprint density at radius 2 is 1.25 bits per heavy atom. The van der Waals surface area contributed by atoms with Crippen molar-refractivity contribution in [1.82, 2.24) is 0 Å². The molecule has 0 rings (SSSR count). The molecule has 0 unspecified atom stereocenters. The Morgan fingerprint density at radius 3 is 1.62 bits per heavy atom. The molecule has 4 heteroatoms. The van der Waals surface area contributed by atoms with Crippen LogP contribution in [0.3, 0.4) is 0 Å². The van der Waals surface area contributed by atoms with Gasteiger partial charge in [0.1, 0.15) is 0 Å². The van der Waals surface area contributed by atoms with Crippen molar-refractivity contribution in [3.05, 3.63) is 0 Å². The van der Waals surface area contributed by atoms with E-state index in [4.69, 9.17) is 0 Å². The minimum atomic E-state index is -0.909. The maximum absolute atomic E-state index is 10.1. The standard InChI is InChI=1S/C12H24O2.K.H2O/c1-2-3-4-5-6-7-8-9-10-11-12(13)14;;/h2-11H2,1H3,(H,13,14);;1H2/q;+1;/p-1. The summed E-state index contributed by atoms with van der Waals surface area (Å²) in [5, 5.41) is 10.1. The average Bonchev–Trinajstić information content (AvgIpc) is 2.15. The van der Waals surface area contributed by atoms with Gasteiger partial charge in [0.2, 0.25) is 0 Å². The van der Waals surface area contributed by atoms with Gasteiger partial charge < -0.3 is 15.4 Å². The largest absolute Gasteiger partial charge is 1.00 e. The quantitative estimate of drug-likeness (QED) is 0.365. The zero-order chi connectivity index (χ0) is 10.6. The third-order valence-electron chi connectivity index (χ3n) is 2.48. The second-order valence-electron chi connectivity index (χ2n) is 3.95. The average molecular weight is 256 g/mol. The molecule has 2 N–H and O–H groups in total. The number of aliphatic carboxylic acids is 1. The number of carbonyl (C=O) groups is 1. The summed E-state index contributed by atoms with van der Waals surface area (Å²) in [7, 11) is 0. The van der Waals surface area contributed by atoms with E-state index in [9.17, 15) is 9.90 Å². The summed E-state index contributed by atoms with van der Waals surface area (Å²) in [5.41, 5.74) is 0. The molecule has 0 aliphatic rings. The minimum Gasteiger partial charge on any atom is -0.550 e. The Hall–Kier alpha value is 1.07. The van der Waals surface area contributed by atoms with Crippen molar-refractivity contribution in [2.24, 2.45) is 0 Å². The van der Waals surface area contributed by atoms with Crippen molar-refractivity contribution in [2.75, 3.05) is 0 Å². The van der Waals surface area contributed by atoms with E-state index >= 15 is 0 Å². The fraction of sp³-hybridized carbons (Fsp3) is 0.917. The molecule has 0 aliphatic heterocycles. The fourth-order valence-electron chi connectivity index (χ4n) is 1.58. The van der Waals surface area contributed by atoms with E-state index < -0.39 is 5.97 Å². The van der Waals surface area contributed by atoms with Crippen LogP contribution in [0.2, 0.25) is 0 Å². The van der Waals surface area contributed by atoms with E-state index in [1.165, 1.54) is 44.9 Å². The van der Waals surface area contributed by atoms with Crippen LogP contribution in [0.25, 0.3) is 0 Å². The van der Waals surface area contributed by atoms with Gasteiger partial charge in [-0.2, -0.15) is 0 Å². The SMILES string of the molecule is CCCCCCCCCCCC(=O)[O-].O.[K+]. The molecule has 0 fully saturated rings. The topological polar surface area (TPSA) is 71.6 Å². The zero-order valence-electron chi connectivity index (χ0n) is 10.9. The van der Waals surface area contributed by atoms with Gasteiger partial charge in [-0.3, -0.25) is 0 Å². The Balaban J connectivity index is -0.000000845. The van der Waals surface area contributed by atoms with Crippen molar-refractivity contribution in [3.63, 3.8) is 0 Å². The van der Waals surface area contributed by atoms with E-state index in [-0.39, 0.29) is 63.3 Å². The summed E-state index contributed by atoms with van der Waals surface area (Å²) in [6.45, 7) is 2.22. The molecule has 0 radical (unpaired) electrons. The Kier molecular flexibility index (Phi) is 25.6. The van der Waals surface area contributed by atoms with Gasteiger partial charge in [-0.05, 0) is 12.8 Å². The van der Waals surface area contributed by atoms with Crippen LogP contribution in [0, 0.1) is 0 Å². The first-order chi connectivity index (χ1) is 6.77. The van der Waals surface area contributed by atoms with Crippen LogP contribution in [-0.2, 0) is 4.79 Å². The maximum Gasteiger partial charge on any atom is 1.00 e. The van der Waals surface area contributed by atoms with Crippen molar-refractivity contribution in [3.8, 4) is 0 Å². The zero-order valence-corrected chi connectivity index (χ0v) is 14.0. The van der Waals surface area contributed by atoms with Gasteiger partial charge in [0.05, 0.1) is 0 Å². The molecule has 3 nitrogen and oxygen atoms in total. The summed E-state index contributed by atoms with van der Waals surface area (Å²) in [6.07, 6.45) is 11.2. The van der Waals surface area contributed by atoms with Crippen LogP contribution >= 0.6 is 0 Å². The second kappa shape index (κ2) is 18.4. The summed E-state index contributed by atoms with van der Waals surface area (Å²) < 4.78 is 0. The van der Waals surface area contributed by atoms with Crippen LogP contribution in [0.1, 0.15) is 71.1 Å². The van der Waals surface area contributed by atoms with Crippen molar-refractivity contribution in [2.45, 2.75) is 71.1 Å². The first kappa shape index (κ1) is 22.3. The van der Waals surface area contributed by atoms with E-state index in [1.54, 1.807) is 0 Å². The van der Waals surface area contributed by atoms with Crippen LogP contribution in [0.15, 0.2) is 0 Å². The number of carboxylic acid groups (broad SMARTS) is 1. The molecule has 0 aromatic carbocycles. The Bertz CT molecular complexity index is 140. The maximum atomic E-state index is 10.1. The second-order valence-corrected chi connectivity index (χ2v) is 3.95. The van der Waals surface area contributed by atoms with Crippen LogP contribution < -0.4 is 56.5 Å². The third kappa shape index (κ3) is 20.5. The van der Waals surface area contributed by atoms with Crippen molar-refractivity contribution >= 4 is 5.97 Å². The van der Waals surface area contributed by atoms with E-state index in [2.05, 4.69) is 6.92 Å². The number of unbranched alkanes of at least 4 members (excludes halogenated alkanes) is 8. The number of hydrogen-bond acceptors (Lipinski definition) is 2. The van der Waals surface area contributed by atoms with Crippen molar-refractivity contribution in [1.29, 1.82) is 0 Å². The van der Waals surface area contributed by atoms with E-state index in [0.717, 1.165) is 12.8 Å². The minimum absolute atomic E-state index is 0. The van der Waals surface area contributed by atoms with Gasteiger partial charge in [-0.1, -0.05) is 58.3 Å². The Labute approximate surface area is 142 Å². The Morgan fingerprint density at radius 1 is 0.875 bits per heavy atom. The predicted octanol–water partition coefficient (Wildman–Crippen LogP) is -1.16. The normalized spacial score (nSPS) is 9.06.